The van der Waals surface area contributed by atoms with Gasteiger partial charge in [0.15, 0.2) is 0 Å². The smallest absolute Gasteiger partial charge is 0.316 e. The second-order valence-electron chi connectivity index (χ2n) is 5.95. The Morgan fingerprint density at radius 2 is 2.18 bits per heavy atom. The monoisotopic (exact) mass is 298 g/mol. The zero-order chi connectivity index (χ0) is 15.7. The molecule has 6 heteroatoms. The van der Waals surface area contributed by atoms with Crippen molar-refractivity contribution in [3.05, 3.63) is 23.3 Å². The molecule has 1 saturated heterocycles. The van der Waals surface area contributed by atoms with E-state index in [0.717, 1.165) is 48.3 Å². The number of nitrogens with zero attached hydrogens (tertiary/aromatic N) is 2. The molecule has 0 aromatic heterocycles. The molecule has 2 aliphatic rings. The van der Waals surface area contributed by atoms with Crippen molar-refractivity contribution in [1.82, 2.24) is 0 Å². The third kappa shape index (κ3) is 2.52. The number of benzene rings is 1. The molecule has 1 fully saturated rings. The van der Waals surface area contributed by atoms with Crippen LogP contribution in [0.4, 0.5) is 5.69 Å². The summed E-state index contributed by atoms with van der Waals surface area (Å²) >= 11 is 0. The van der Waals surface area contributed by atoms with Crippen LogP contribution in [0.25, 0.3) is 0 Å². The second-order valence-corrected chi connectivity index (χ2v) is 5.95. The number of esters is 1. The van der Waals surface area contributed by atoms with E-state index in [1.165, 1.54) is 7.11 Å². The van der Waals surface area contributed by atoms with Crippen LogP contribution in [0.1, 0.15) is 17.0 Å². The van der Waals surface area contributed by atoms with Gasteiger partial charge in [-0.1, -0.05) is 0 Å². The second kappa shape index (κ2) is 5.92. The zero-order valence-electron chi connectivity index (χ0n) is 13.0. The maximum Gasteiger partial charge on any atom is 0.316 e. The van der Waals surface area contributed by atoms with E-state index in [1.54, 1.807) is 0 Å². The third-order valence-electron chi connectivity index (χ3n) is 4.61. The molecule has 5 nitrogen and oxygen atoms in total. The van der Waals surface area contributed by atoms with Gasteiger partial charge in [0.05, 0.1) is 7.11 Å². The first-order valence-electron chi connectivity index (χ1n) is 7.63. The van der Waals surface area contributed by atoms with Crippen LogP contribution < -0.4 is 9.64 Å². The van der Waals surface area contributed by atoms with E-state index in [4.69, 9.17) is 14.7 Å². The van der Waals surface area contributed by atoms with Gasteiger partial charge in [0.2, 0.25) is 0 Å². The fraction of sp³-hybridized carbons (Fsp3) is 0.500. The number of hydrogen-bond acceptors (Lipinski definition) is 5. The number of ether oxygens (including phenoxy) is 2. The van der Waals surface area contributed by atoms with E-state index < -0.39 is 0 Å². The van der Waals surface area contributed by atoms with Crippen LogP contribution >= 0.6 is 0 Å². The molecule has 1 aromatic carbocycles. The molecule has 1 unspecified atom stereocenters. The topological polar surface area (TPSA) is 62.6 Å². The summed E-state index contributed by atoms with van der Waals surface area (Å²) in [7, 11) is 1.40. The number of rotatable bonds is 2. The van der Waals surface area contributed by atoms with Crippen LogP contribution in [0.5, 0.6) is 5.75 Å². The van der Waals surface area contributed by atoms with Crippen molar-refractivity contribution in [1.29, 1.82) is 5.26 Å². The Kier molecular flexibility index (Phi) is 3.97. The van der Waals surface area contributed by atoms with Crippen molar-refractivity contribution >= 4 is 18.4 Å². The minimum atomic E-state index is -0.322. The van der Waals surface area contributed by atoms with Crippen molar-refractivity contribution in [2.24, 2.45) is 0 Å². The first-order valence-corrected chi connectivity index (χ1v) is 7.63. The molecule has 0 radical (unpaired) electrons. The maximum atomic E-state index is 11.8. The summed E-state index contributed by atoms with van der Waals surface area (Å²) < 4.78 is 10.5. The molecule has 0 aliphatic carbocycles. The van der Waals surface area contributed by atoms with Gasteiger partial charge in [-0.15, -0.1) is 0 Å². The van der Waals surface area contributed by atoms with Crippen LogP contribution in [-0.2, 0) is 9.53 Å². The van der Waals surface area contributed by atoms with Crippen molar-refractivity contribution < 1.29 is 14.3 Å². The molecule has 0 bridgehead atoms. The molecule has 22 heavy (non-hydrogen) atoms. The van der Waals surface area contributed by atoms with Crippen molar-refractivity contribution in [3.8, 4) is 11.7 Å². The lowest BCUT2D eigenvalue weighted by Crippen LogP contribution is -2.36. The van der Waals surface area contributed by atoms with Crippen LogP contribution in [-0.4, -0.2) is 39.5 Å². The fourth-order valence-electron chi connectivity index (χ4n) is 3.29. The number of carbonyl (C=O) groups is 1. The lowest BCUT2D eigenvalue weighted by molar-refractivity contribution is -0.142. The molecule has 3 rings (SSSR count). The lowest BCUT2D eigenvalue weighted by Gasteiger charge is -2.31. The summed E-state index contributed by atoms with van der Waals surface area (Å²) in [6, 6.07) is 4.07. The van der Waals surface area contributed by atoms with E-state index in [1.807, 2.05) is 12.1 Å². The van der Waals surface area contributed by atoms with Gasteiger partial charge < -0.3 is 14.4 Å². The van der Waals surface area contributed by atoms with Crippen LogP contribution in [0.15, 0.2) is 12.1 Å². The first kappa shape index (κ1) is 14.8. The summed E-state index contributed by atoms with van der Waals surface area (Å²) in [5.41, 5.74) is 3.19. The number of hydrogen-bond donors (Lipinski definition) is 0. The first-order chi connectivity index (χ1) is 10.6. The largest absolute Gasteiger partial charge is 0.492 e. The van der Waals surface area contributed by atoms with E-state index in [0.29, 0.717) is 6.61 Å². The van der Waals surface area contributed by atoms with E-state index in [2.05, 4.69) is 17.8 Å². The average molecular weight is 298 g/mol. The van der Waals surface area contributed by atoms with Gasteiger partial charge in [-0.25, -0.2) is 5.26 Å². The normalized spacial score (nSPS) is 20.1. The van der Waals surface area contributed by atoms with E-state index in [9.17, 15) is 4.79 Å². The number of anilines is 1. The van der Waals surface area contributed by atoms with Crippen LogP contribution in [0, 0.1) is 18.2 Å². The zero-order valence-corrected chi connectivity index (χ0v) is 13.0. The summed E-state index contributed by atoms with van der Waals surface area (Å²) in [4.78, 5) is 14.1. The molecule has 2 heterocycles. The number of methoxy groups -OCH3 is 1. The summed E-state index contributed by atoms with van der Waals surface area (Å²) in [5, 5.41) is 9.00. The Morgan fingerprint density at radius 3 is 2.82 bits per heavy atom. The van der Waals surface area contributed by atoms with Crippen molar-refractivity contribution in [3.63, 3.8) is 0 Å². The molecule has 0 saturated carbocycles. The number of aryl methyl sites for hydroxylation is 1. The minimum absolute atomic E-state index is 0.172. The summed E-state index contributed by atoms with van der Waals surface area (Å²) in [6.07, 6.45) is 1.80. The molecule has 0 spiro atoms. The molecule has 0 amide bonds. The predicted octanol–water partition coefficient (Wildman–Crippen LogP) is 2.02. The van der Waals surface area contributed by atoms with Gasteiger partial charge in [-0.05, 0) is 31.2 Å². The minimum Gasteiger partial charge on any atom is -0.492 e. The summed E-state index contributed by atoms with van der Waals surface area (Å²) in [6.45, 7) is 4.35. The Morgan fingerprint density at radius 1 is 1.45 bits per heavy atom. The molecule has 1 atom stereocenters. The molecule has 114 valence electrons. The molecule has 0 N–H and O–H groups in total. The van der Waals surface area contributed by atoms with Gasteiger partial charge in [0.25, 0.3) is 6.71 Å². The van der Waals surface area contributed by atoms with Crippen molar-refractivity contribution in [2.45, 2.75) is 25.5 Å². The number of carbonyl (C=O) groups excluding carboxylic acids is 1. The van der Waals surface area contributed by atoms with E-state index >= 15 is 0 Å². The highest BCUT2D eigenvalue weighted by Crippen LogP contribution is 2.40. The van der Waals surface area contributed by atoms with Gasteiger partial charge in [-0.2, -0.15) is 0 Å². The van der Waals surface area contributed by atoms with E-state index in [-0.39, 0.29) is 18.6 Å². The number of nitriles is 1. The Hall–Kier alpha value is -2.16. The Balaban J connectivity index is 1.84. The lowest BCUT2D eigenvalue weighted by atomic mass is 9.45. The molecular formula is C16H19BN2O3. The van der Waals surface area contributed by atoms with Crippen LogP contribution in [0.3, 0.4) is 0 Å². The van der Waals surface area contributed by atoms with Gasteiger partial charge in [0.1, 0.15) is 18.3 Å². The highest BCUT2D eigenvalue weighted by molar-refractivity contribution is 6.67. The van der Waals surface area contributed by atoms with Gasteiger partial charge in [0, 0.05) is 36.4 Å². The Labute approximate surface area is 130 Å². The van der Waals surface area contributed by atoms with Gasteiger partial charge >= 0.3 is 5.97 Å². The van der Waals surface area contributed by atoms with Gasteiger partial charge in [-0.3, -0.25) is 4.79 Å². The maximum absolute atomic E-state index is 11.8. The number of fused-ring (bicyclic) bond motifs is 1. The average Bonchev–Trinajstić information content (AvgIpc) is 2.96. The standard InChI is InChI=1S/C16H19BN2O3/c1-11-7-12-13(16(20)21-2)9-22-15(12)8-14(11)19-5-3-17(10-18)4-6-19/h7-8,13H,3-6,9H2,1-2H3. The van der Waals surface area contributed by atoms with Crippen LogP contribution in [0.2, 0.25) is 12.6 Å². The predicted molar refractivity (Wildman–Crippen MR) is 84.6 cm³/mol. The Bertz CT molecular complexity index is 633. The SMILES string of the molecule is COC(=O)C1COc2cc(N3CCB(C#N)CC3)c(C)cc21. The molecular weight excluding hydrogens is 279 g/mol. The quantitative estimate of drug-likeness (QED) is 0.617. The third-order valence-corrected chi connectivity index (χ3v) is 4.61. The summed E-state index contributed by atoms with van der Waals surface area (Å²) in [5.74, 6) is 2.56. The highest BCUT2D eigenvalue weighted by atomic mass is 16.5. The highest BCUT2D eigenvalue weighted by Gasteiger charge is 2.33. The molecule has 1 aromatic rings. The fourth-order valence-corrected chi connectivity index (χ4v) is 3.29. The van der Waals surface area contributed by atoms with Crippen molar-refractivity contribution in [2.75, 3.05) is 31.7 Å². The molecule has 2 aliphatic heterocycles.